The van der Waals surface area contributed by atoms with Crippen molar-refractivity contribution in [2.45, 2.75) is 26.7 Å². The van der Waals surface area contributed by atoms with E-state index >= 15 is 0 Å². The summed E-state index contributed by atoms with van der Waals surface area (Å²) in [5.74, 6) is 0. The molecule has 0 aliphatic heterocycles. The summed E-state index contributed by atoms with van der Waals surface area (Å²) in [6.45, 7) is 4.72. The van der Waals surface area contributed by atoms with Crippen LogP contribution in [0.2, 0.25) is 0 Å². The Labute approximate surface area is 322 Å². The Morgan fingerprint density at radius 2 is 0.554 bits per heavy atom. The second kappa shape index (κ2) is 10.1. The quantitative estimate of drug-likeness (QED) is 0.172. The maximum absolute atomic E-state index is 2.48. The first-order valence-electron chi connectivity index (χ1n) is 20.3. The van der Waals surface area contributed by atoms with Crippen LogP contribution in [0.25, 0.3) is 140 Å². The fraction of sp³-hybridized carbons (Fsp3) is 0.0714. The summed E-state index contributed by atoms with van der Waals surface area (Å²) in [5, 5.41) is 33.3. The molecule has 0 saturated heterocycles. The lowest BCUT2D eigenvalue weighted by atomic mass is 9.91. The van der Waals surface area contributed by atoms with Crippen molar-refractivity contribution in [2.75, 3.05) is 0 Å². The lowest BCUT2D eigenvalue weighted by Crippen LogP contribution is -1.91. The minimum absolute atomic E-state index is 0.996. The summed E-state index contributed by atoms with van der Waals surface area (Å²) in [5.41, 5.74) is 5.63. The molecule has 0 heterocycles. The van der Waals surface area contributed by atoms with E-state index < -0.39 is 0 Å². The molecule has 56 heavy (non-hydrogen) atoms. The maximum atomic E-state index is 2.48. The predicted molar refractivity (Wildman–Crippen MR) is 245 cm³/mol. The topological polar surface area (TPSA) is 0 Å². The first-order chi connectivity index (χ1) is 27.7. The molecule has 0 spiro atoms. The van der Waals surface area contributed by atoms with Gasteiger partial charge in [-0.1, -0.05) is 147 Å². The minimum Gasteiger partial charge on any atom is -0.0612 e. The third-order valence-corrected chi connectivity index (χ3v) is 14.0. The molecule has 0 saturated carbocycles. The van der Waals surface area contributed by atoms with Crippen LogP contribution in [0, 0.1) is 0 Å². The highest BCUT2D eigenvalue weighted by Crippen LogP contribution is 2.53. The lowest BCUT2D eigenvalue weighted by Gasteiger charge is -2.12. The highest BCUT2D eigenvalue weighted by molar-refractivity contribution is 6.42. The Kier molecular flexibility index (Phi) is 5.34. The molecule has 0 aromatic heterocycles. The fourth-order valence-electron chi connectivity index (χ4n) is 11.9. The van der Waals surface area contributed by atoms with Gasteiger partial charge in [0.05, 0.1) is 0 Å². The number of aryl methyl sites for hydroxylation is 2. The van der Waals surface area contributed by atoms with E-state index in [1.165, 1.54) is 152 Å². The first-order valence-corrected chi connectivity index (χ1v) is 20.3. The van der Waals surface area contributed by atoms with E-state index in [0.29, 0.717) is 0 Å². The molecule has 0 radical (unpaired) electrons. The van der Waals surface area contributed by atoms with Crippen LogP contribution in [0.1, 0.15) is 25.0 Å². The molecule has 258 valence electrons. The molecular formula is C56H34. The largest absolute Gasteiger partial charge is 0.0612 e. The molecule has 0 fully saturated rings. The van der Waals surface area contributed by atoms with Crippen molar-refractivity contribution in [3.05, 3.63) is 157 Å². The Balaban J connectivity index is 1.08. The van der Waals surface area contributed by atoms with Crippen LogP contribution in [0.4, 0.5) is 0 Å². The van der Waals surface area contributed by atoms with Gasteiger partial charge in [0, 0.05) is 0 Å². The second-order valence-corrected chi connectivity index (χ2v) is 16.3. The molecule has 0 aliphatic rings. The second-order valence-electron chi connectivity index (χ2n) is 16.3. The summed E-state index contributed by atoms with van der Waals surface area (Å²) in [6.07, 6.45) is 1.99. The third kappa shape index (κ3) is 3.29. The molecular weight excluding hydrogens is 673 g/mol. The monoisotopic (exact) mass is 706 g/mol. The van der Waals surface area contributed by atoms with Gasteiger partial charge in [-0.2, -0.15) is 0 Å². The molecule has 14 aromatic rings. The number of rotatable bonds is 3. The van der Waals surface area contributed by atoms with Crippen LogP contribution >= 0.6 is 0 Å². The molecule has 14 aromatic carbocycles. The molecule has 0 unspecified atom stereocenters. The Hall–Kier alpha value is -6.76. The molecule has 0 heteroatoms. The summed E-state index contributed by atoms with van der Waals surface area (Å²) in [6, 6.07) is 56.1. The number of benzene rings is 10. The van der Waals surface area contributed by atoms with Crippen LogP contribution in [-0.4, -0.2) is 0 Å². The van der Waals surface area contributed by atoms with Gasteiger partial charge in [0.2, 0.25) is 0 Å². The van der Waals surface area contributed by atoms with Crippen molar-refractivity contribution in [3.8, 4) is 11.1 Å². The smallest absolute Gasteiger partial charge is 0.00199 e. The summed E-state index contributed by atoms with van der Waals surface area (Å²) in [4.78, 5) is 0. The van der Waals surface area contributed by atoms with Crippen LogP contribution in [0.15, 0.2) is 146 Å². The van der Waals surface area contributed by atoms with Gasteiger partial charge in [0.15, 0.2) is 0 Å². The lowest BCUT2D eigenvalue weighted by molar-refractivity contribution is 1.16. The van der Waals surface area contributed by atoms with E-state index in [4.69, 9.17) is 0 Å². The van der Waals surface area contributed by atoms with Crippen LogP contribution < -0.4 is 0 Å². The van der Waals surface area contributed by atoms with E-state index in [1.54, 1.807) is 0 Å². The molecule has 0 nitrogen and oxygen atoms in total. The highest BCUT2D eigenvalue weighted by atomic mass is 14.3. The van der Waals surface area contributed by atoms with Crippen molar-refractivity contribution in [1.29, 1.82) is 0 Å². The summed E-state index contributed by atoms with van der Waals surface area (Å²) < 4.78 is 0. The van der Waals surface area contributed by atoms with Crippen molar-refractivity contribution < 1.29 is 0 Å². The van der Waals surface area contributed by atoms with Gasteiger partial charge >= 0.3 is 0 Å². The zero-order valence-electron chi connectivity index (χ0n) is 31.3. The average molecular weight is 707 g/mol. The van der Waals surface area contributed by atoms with E-state index in [-0.39, 0.29) is 0 Å². The van der Waals surface area contributed by atoms with Gasteiger partial charge < -0.3 is 0 Å². The van der Waals surface area contributed by atoms with Crippen LogP contribution in [0.5, 0.6) is 0 Å². The van der Waals surface area contributed by atoms with E-state index in [2.05, 4.69) is 159 Å². The standard InChI is InChI=1S/C56H34/c1-3-31-53-41-20-7-13-30-14-8-21-42(50(30)41)54(53)32(4-2)56-44-26-24-34(36-18-10-22-43(52(36)44)55(31)56)33-23-25-40-48-28-46-38-16-6-12-29-11-5-15-37(49(29)38)45(46)27-47(48)39-19-9-17-35(33)51(39)40/h5-28H,3-4H2,1-2H3. The normalized spacial score (nSPS) is 13.0. The molecule has 0 N–H and O–H groups in total. The molecule has 0 amide bonds. The van der Waals surface area contributed by atoms with Gasteiger partial charge in [-0.3, -0.25) is 0 Å². The highest BCUT2D eigenvalue weighted by Gasteiger charge is 2.26. The van der Waals surface area contributed by atoms with Crippen molar-refractivity contribution >= 4 is 129 Å². The van der Waals surface area contributed by atoms with Gasteiger partial charge in [0.25, 0.3) is 0 Å². The van der Waals surface area contributed by atoms with E-state index in [9.17, 15) is 0 Å². The first kappa shape index (κ1) is 29.6. The molecule has 14 rings (SSSR count). The SMILES string of the molecule is CCc1c2c3cccc4cccc(c2c(CC)c2c5ccc(-c6ccc7c8cc9c(cc8c8cccc6c87)c6cccc7cccc9c76)c6cccc(c12)c65)c43. The van der Waals surface area contributed by atoms with Crippen LogP contribution in [-0.2, 0) is 12.8 Å². The molecule has 0 aliphatic carbocycles. The zero-order chi connectivity index (χ0) is 36.6. The Bertz CT molecular complexity index is 3820. The van der Waals surface area contributed by atoms with Crippen molar-refractivity contribution in [3.63, 3.8) is 0 Å². The summed E-state index contributed by atoms with van der Waals surface area (Å²) >= 11 is 0. The van der Waals surface area contributed by atoms with Gasteiger partial charge in [0.1, 0.15) is 0 Å². The Morgan fingerprint density at radius 1 is 0.250 bits per heavy atom. The zero-order valence-corrected chi connectivity index (χ0v) is 31.3. The number of hydrogen-bond acceptors (Lipinski definition) is 0. The molecule has 0 bridgehead atoms. The van der Waals surface area contributed by atoms with E-state index in [1.807, 2.05) is 0 Å². The molecule has 0 atom stereocenters. The van der Waals surface area contributed by atoms with Crippen molar-refractivity contribution in [1.82, 2.24) is 0 Å². The summed E-state index contributed by atoms with van der Waals surface area (Å²) in [7, 11) is 0. The maximum Gasteiger partial charge on any atom is -0.00199 e. The van der Waals surface area contributed by atoms with Gasteiger partial charge in [-0.25, -0.2) is 0 Å². The number of hydrogen-bond donors (Lipinski definition) is 0. The average Bonchev–Trinajstić information content (AvgIpc) is 3.96. The van der Waals surface area contributed by atoms with Crippen molar-refractivity contribution in [2.24, 2.45) is 0 Å². The van der Waals surface area contributed by atoms with Gasteiger partial charge in [-0.15, -0.1) is 0 Å². The predicted octanol–water partition coefficient (Wildman–Crippen LogP) is 16.1. The van der Waals surface area contributed by atoms with Crippen LogP contribution in [0.3, 0.4) is 0 Å². The van der Waals surface area contributed by atoms with Gasteiger partial charge in [-0.05, 0) is 176 Å². The third-order valence-electron chi connectivity index (χ3n) is 14.0. The minimum atomic E-state index is 0.996. The Morgan fingerprint density at radius 3 is 1.02 bits per heavy atom. The van der Waals surface area contributed by atoms with E-state index in [0.717, 1.165) is 12.8 Å². The fourth-order valence-corrected chi connectivity index (χ4v) is 11.9. The number of fused-ring (bicyclic) bond motifs is 12.